The molecule has 47 heavy (non-hydrogen) atoms. The summed E-state index contributed by atoms with van der Waals surface area (Å²) in [6.07, 6.45) is 38.1. The minimum atomic E-state index is -1.28. The minimum Gasteiger partial charge on any atom is -0.394 e. The molecule has 4 atom stereocenters. The van der Waals surface area contributed by atoms with Gasteiger partial charge in [-0.05, 0) is 38.5 Å². The first-order chi connectivity index (χ1) is 23.0. The first kappa shape index (κ1) is 46.0. The summed E-state index contributed by atoms with van der Waals surface area (Å²) < 4.78 is 0. The van der Waals surface area contributed by atoms with Crippen LogP contribution in [0.3, 0.4) is 0 Å². The lowest BCUT2D eigenvalue weighted by Crippen LogP contribution is -2.53. The summed E-state index contributed by atoms with van der Waals surface area (Å²) in [6, 6.07) is -0.995. The number of nitrogens with one attached hydrogen (secondary N) is 1. The summed E-state index contributed by atoms with van der Waals surface area (Å²) in [5.74, 6) is -0.591. The molecule has 6 nitrogen and oxygen atoms in total. The summed E-state index contributed by atoms with van der Waals surface area (Å²) in [4.78, 5) is 12.5. The van der Waals surface area contributed by atoms with Crippen LogP contribution in [0.4, 0.5) is 0 Å². The van der Waals surface area contributed by atoms with Gasteiger partial charge in [-0.2, -0.15) is 0 Å². The van der Waals surface area contributed by atoms with Gasteiger partial charge >= 0.3 is 0 Å². The van der Waals surface area contributed by atoms with Gasteiger partial charge in [-0.25, -0.2) is 0 Å². The molecule has 0 aromatic rings. The highest BCUT2D eigenvalue weighted by Crippen LogP contribution is 2.16. The monoisotopic (exact) mass is 668 g/mol. The van der Waals surface area contributed by atoms with Crippen molar-refractivity contribution in [3.63, 3.8) is 0 Å². The average molecular weight is 668 g/mol. The standard InChI is InChI=1S/C41H81NO5/c1-3-5-7-9-11-13-15-17-19-20-21-23-25-27-29-31-33-35-39(45)41(47)42-37(36-43)40(46)38(44)34-32-30-28-26-24-22-18-16-14-12-10-8-6-4-2/h26,28,37-40,43-46H,3-25,27,29-36H2,1-2H3,(H,42,47)/b28-26+. The van der Waals surface area contributed by atoms with Crippen molar-refractivity contribution in [2.45, 2.75) is 237 Å². The van der Waals surface area contributed by atoms with Crippen molar-refractivity contribution < 1.29 is 25.2 Å². The minimum absolute atomic E-state index is 0.368. The molecule has 5 N–H and O–H groups in total. The molecular weight excluding hydrogens is 586 g/mol. The third kappa shape index (κ3) is 30.8. The van der Waals surface area contributed by atoms with Gasteiger partial charge in [0.05, 0.1) is 18.8 Å². The molecule has 0 fully saturated rings. The van der Waals surface area contributed by atoms with E-state index in [2.05, 4.69) is 31.3 Å². The summed E-state index contributed by atoms with van der Waals surface area (Å²) in [7, 11) is 0. The number of carbonyl (C=O) groups excluding carboxylic acids is 1. The van der Waals surface area contributed by atoms with Crippen LogP contribution in [0, 0.1) is 0 Å². The van der Waals surface area contributed by atoms with E-state index in [4.69, 9.17) is 0 Å². The highest BCUT2D eigenvalue weighted by Gasteiger charge is 2.28. The lowest BCUT2D eigenvalue weighted by molar-refractivity contribution is -0.132. The first-order valence-electron chi connectivity index (χ1n) is 20.6. The van der Waals surface area contributed by atoms with Crippen molar-refractivity contribution in [2.24, 2.45) is 0 Å². The summed E-state index contributed by atoms with van der Waals surface area (Å²) >= 11 is 0. The van der Waals surface area contributed by atoms with E-state index < -0.39 is 36.9 Å². The Kier molecular flexibility index (Phi) is 35.6. The van der Waals surface area contributed by atoms with E-state index in [-0.39, 0.29) is 0 Å². The number of allylic oxidation sites excluding steroid dienone is 2. The molecule has 0 saturated heterocycles. The zero-order chi connectivity index (χ0) is 34.6. The number of aliphatic hydroxyl groups excluding tert-OH is 4. The zero-order valence-electron chi connectivity index (χ0n) is 31.3. The van der Waals surface area contributed by atoms with E-state index >= 15 is 0 Å². The lowest BCUT2D eigenvalue weighted by atomic mass is 10.00. The molecule has 6 heteroatoms. The Labute approximate surface area is 292 Å². The number of amides is 1. The second kappa shape index (κ2) is 36.3. The van der Waals surface area contributed by atoms with Crippen molar-refractivity contribution in [1.29, 1.82) is 0 Å². The maximum Gasteiger partial charge on any atom is 0.249 e. The van der Waals surface area contributed by atoms with Crippen LogP contribution in [-0.4, -0.2) is 57.3 Å². The molecule has 0 aliphatic rings. The SMILES string of the molecule is CCCCCCCCCCC/C=C/CCCC(O)C(O)C(CO)NC(=O)C(O)CCCCCCCCCCCCCCCCCCC. The van der Waals surface area contributed by atoms with Gasteiger partial charge in [0, 0.05) is 0 Å². The normalized spacial score (nSPS) is 14.4. The number of hydrogen-bond donors (Lipinski definition) is 5. The summed E-state index contributed by atoms with van der Waals surface area (Å²) in [6.45, 7) is 4.03. The number of hydrogen-bond acceptors (Lipinski definition) is 5. The van der Waals surface area contributed by atoms with Gasteiger partial charge in [0.25, 0.3) is 0 Å². The Morgan fingerprint density at radius 1 is 0.511 bits per heavy atom. The molecule has 0 rings (SSSR count). The third-order valence-corrected chi connectivity index (χ3v) is 9.73. The quantitative estimate of drug-likeness (QED) is 0.0335. The fourth-order valence-corrected chi connectivity index (χ4v) is 6.40. The van der Waals surface area contributed by atoms with E-state index in [1.165, 1.54) is 148 Å². The number of unbranched alkanes of at least 4 members (excludes halogenated alkanes) is 26. The molecular formula is C41H81NO5. The van der Waals surface area contributed by atoms with Crippen LogP contribution in [0.1, 0.15) is 213 Å². The maximum atomic E-state index is 12.5. The predicted molar refractivity (Wildman–Crippen MR) is 201 cm³/mol. The Morgan fingerprint density at radius 2 is 0.872 bits per heavy atom. The van der Waals surface area contributed by atoms with E-state index in [1.807, 2.05) is 0 Å². The first-order valence-corrected chi connectivity index (χ1v) is 20.6. The van der Waals surface area contributed by atoms with Gasteiger partial charge in [0.2, 0.25) is 5.91 Å². The Morgan fingerprint density at radius 3 is 1.28 bits per heavy atom. The van der Waals surface area contributed by atoms with Crippen LogP contribution in [0.2, 0.25) is 0 Å². The van der Waals surface area contributed by atoms with Crippen LogP contribution in [-0.2, 0) is 4.79 Å². The maximum absolute atomic E-state index is 12.5. The molecule has 280 valence electrons. The second-order valence-corrected chi connectivity index (χ2v) is 14.3. The molecule has 0 spiro atoms. The van der Waals surface area contributed by atoms with Gasteiger partial charge in [0.1, 0.15) is 12.2 Å². The molecule has 0 radical (unpaired) electrons. The largest absolute Gasteiger partial charge is 0.394 e. The number of aliphatic hydroxyl groups is 4. The smallest absolute Gasteiger partial charge is 0.249 e. The van der Waals surface area contributed by atoms with Gasteiger partial charge in [-0.1, -0.05) is 187 Å². The molecule has 0 aromatic heterocycles. The highest BCUT2D eigenvalue weighted by atomic mass is 16.3. The lowest BCUT2D eigenvalue weighted by Gasteiger charge is -2.27. The molecule has 0 aliphatic carbocycles. The topological polar surface area (TPSA) is 110 Å². The van der Waals surface area contributed by atoms with Crippen molar-refractivity contribution in [3.8, 4) is 0 Å². The van der Waals surface area contributed by atoms with Crippen molar-refractivity contribution in [1.82, 2.24) is 5.32 Å². The molecule has 0 aromatic carbocycles. The second-order valence-electron chi connectivity index (χ2n) is 14.3. The van der Waals surface area contributed by atoms with Crippen LogP contribution in [0.5, 0.6) is 0 Å². The van der Waals surface area contributed by atoms with Gasteiger partial charge < -0.3 is 25.7 Å². The van der Waals surface area contributed by atoms with Crippen molar-refractivity contribution in [2.75, 3.05) is 6.61 Å². The number of rotatable bonds is 37. The van der Waals surface area contributed by atoms with E-state index in [9.17, 15) is 25.2 Å². The van der Waals surface area contributed by atoms with Crippen LogP contribution in [0.15, 0.2) is 12.2 Å². The van der Waals surface area contributed by atoms with Crippen LogP contribution >= 0.6 is 0 Å². The third-order valence-electron chi connectivity index (χ3n) is 9.73. The van der Waals surface area contributed by atoms with Crippen molar-refractivity contribution in [3.05, 3.63) is 12.2 Å². The van der Waals surface area contributed by atoms with Crippen LogP contribution in [0.25, 0.3) is 0 Å². The molecule has 0 heterocycles. The van der Waals surface area contributed by atoms with Gasteiger partial charge in [0.15, 0.2) is 0 Å². The van der Waals surface area contributed by atoms with E-state index in [0.717, 1.165) is 38.5 Å². The predicted octanol–water partition coefficient (Wildman–Crippen LogP) is 10.2. The van der Waals surface area contributed by atoms with Crippen LogP contribution < -0.4 is 5.32 Å². The molecule has 0 bridgehead atoms. The highest BCUT2D eigenvalue weighted by molar-refractivity contribution is 5.80. The van der Waals surface area contributed by atoms with E-state index in [1.54, 1.807) is 0 Å². The summed E-state index contributed by atoms with van der Waals surface area (Å²) in [5, 5.41) is 43.5. The molecule has 4 unspecified atom stereocenters. The molecule has 1 amide bonds. The summed E-state index contributed by atoms with van der Waals surface area (Å²) in [5.41, 5.74) is 0. The van der Waals surface area contributed by atoms with Gasteiger partial charge in [-0.15, -0.1) is 0 Å². The van der Waals surface area contributed by atoms with Crippen molar-refractivity contribution >= 4 is 5.91 Å². The Balaban J connectivity index is 3.78. The molecule has 0 aliphatic heterocycles. The average Bonchev–Trinajstić information content (AvgIpc) is 3.07. The Hall–Kier alpha value is -0.950. The number of carbonyl (C=O) groups is 1. The van der Waals surface area contributed by atoms with Gasteiger partial charge in [-0.3, -0.25) is 4.79 Å². The molecule has 0 saturated carbocycles. The fourth-order valence-electron chi connectivity index (χ4n) is 6.40. The fraction of sp³-hybridized carbons (Fsp3) is 0.927. The van der Waals surface area contributed by atoms with E-state index in [0.29, 0.717) is 12.8 Å². The zero-order valence-corrected chi connectivity index (χ0v) is 31.3. The Bertz CT molecular complexity index is 672.